The van der Waals surface area contributed by atoms with E-state index < -0.39 is 23.6 Å². The van der Waals surface area contributed by atoms with Gasteiger partial charge in [-0.25, -0.2) is 4.79 Å². The van der Waals surface area contributed by atoms with Crippen molar-refractivity contribution >= 4 is 29.7 Å². The smallest absolute Gasteiger partial charge is 0.312 e. The van der Waals surface area contributed by atoms with Gasteiger partial charge in [0.15, 0.2) is 0 Å². The Morgan fingerprint density at radius 2 is 1.95 bits per heavy atom. The number of carboxylic acids is 1. The summed E-state index contributed by atoms with van der Waals surface area (Å²) in [6.45, 7) is 3.48. The predicted molar refractivity (Wildman–Crippen MR) is 78.6 cm³/mol. The summed E-state index contributed by atoms with van der Waals surface area (Å²) in [6.07, 6.45) is 2.63. The summed E-state index contributed by atoms with van der Waals surface area (Å²) in [5.74, 6) is -0.566. The van der Waals surface area contributed by atoms with Crippen molar-refractivity contribution in [2.24, 2.45) is 5.73 Å². The van der Waals surface area contributed by atoms with Crippen molar-refractivity contribution in [2.45, 2.75) is 44.7 Å². The first kappa shape index (κ1) is 18.6. The number of urea groups is 1. The number of carbonyl (C=O) groups is 3. The molecule has 0 radical (unpaired) electrons. The highest BCUT2D eigenvalue weighted by Gasteiger charge is 2.26. The number of amides is 3. The van der Waals surface area contributed by atoms with Crippen LogP contribution in [0.25, 0.3) is 0 Å². The molecule has 0 spiro atoms. The standard InChI is InChI=1S/C12H23N3O4S/c1-12(2,6-4-9(16)17)15-10(18)8(5-7-20-3)14-11(13)19/h8H,4-7H2,1-3H3,(H,15,18)(H,16,17)(H3,13,14,19). The molecule has 0 rings (SSSR count). The predicted octanol–water partition coefficient (Wildman–Crippen LogP) is 0.536. The van der Waals surface area contributed by atoms with Gasteiger partial charge in [-0.1, -0.05) is 0 Å². The Morgan fingerprint density at radius 1 is 1.35 bits per heavy atom. The van der Waals surface area contributed by atoms with Crippen LogP contribution in [0.4, 0.5) is 4.79 Å². The quantitative estimate of drug-likeness (QED) is 0.495. The average Bonchev–Trinajstić information content (AvgIpc) is 2.31. The number of hydrogen-bond donors (Lipinski definition) is 4. The molecule has 1 atom stereocenters. The van der Waals surface area contributed by atoms with Crippen LogP contribution < -0.4 is 16.4 Å². The molecule has 3 amide bonds. The summed E-state index contributed by atoms with van der Waals surface area (Å²) in [4.78, 5) is 33.6. The second-order valence-electron chi connectivity index (χ2n) is 5.11. The number of hydrogen-bond acceptors (Lipinski definition) is 4. The largest absolute Gasteiger partial charge is 0.481 e. The van der Waals surface area contributed by atoms with E-state index in [2.05, 4.69) is 10.6 Å². The van der Waals surface area contributed by atoms with Crippen LogP contribution in [-0.2, 0) is 9.59 Å². The van der Waals surface area contributed by atoms with Crippen LogP contribution in [0.1, 0.15) is 33.1 Å². The van der Waals surface area contributed by atoms with E-state index in [4.69, 9.17) is 10.8 Å². The zero-order valence-electron chi connectivity index (χ0n) is 12.1. The summed E-state index contributed by atoms with van der Waals surface area (Å²) in [5.41, 5.74) is 4.39. The maximum atomic E-state index is 12.1. The summed E-state index contributed by atoms with van der Waals surface area (Å²) in [5, 5.41) is 13.8. The molecule has 7 nitrogen and oxygen atoms in total. The normalized spacial score (nSPS) is 12.6. The summed E-state index contributed by atoms with van der Waals surface area (Å²) >= 11 is 1.56. The molecular weight excluding hydrogens is 282 g/mol. The number of primary amides is 1. The lowest BCUT2D eigenvalue weighted by molar-refractivity contribution is -0.138. The lowest BCUT2D eigenvalue weighted by Gasteiger charge is -2.28. The van der Waals surface area contributed by atoms with Crippen molar-refractivity contribution in [3.8, 4) is 0 Å². The lowest BCUT2D eigenvalue weighted by Crippen LogP contribution is -2.54. The van der Waals surface area contributed by atoms with Crippen LogP contribution in [-0.4, -0.2) is 46.6 Å². The van der Waals surface area contributed by atoms with Gasteiger partial charge in [0, 0.05) is 12.0 Å². The van der Waals surface area contributed by atoms with Gasteiger partial charge in [0.2, 0.25) is 5.91 Å². The van der Waals surface area contributed by atoms with Crippen molar-refractivity contribution in [1.29, 1.82) is 0 Å². The van der Waals surface area contributed by atoms with Crippen molar-refractivity contribution in [2.75, 3.05) is 12.0 Å². The summed E-state index contributed by atoms with van der Waals surface area (Å²) in [6, 6.07) is -1.46. The first-order valence-corrected chi connectivity index (χ1v) is 7.66. The molecule has 0 saturated heterocycles. The number of rotatable bonds is 9. The van der Waals surface area contributed by atoms with E-state index in [0.717, 1.165) is 0 Å². The summed E-state index contributed by atoms with van der Waals surface area (Å²) in [7, 11) is 0. The van der Waals surface area contributed by atoms with Crippen molar-refractivity contribution in [1.82, 2.24) is 10.6 Å². The molecule has 0 bridgehead atoms. The highest BCUT2D eigenvalue weighted by Crippen LogP contribution is 2.12. The van der Waals surface area contributed by atoms with E-state index in [0.29, 0.717) is 18.6 Å². The Kier molecular flexibility index (Phi) is 8.05. The third kappa shape index (κ3) is 8.63. The van der Waals surface area contributed by atoms with Gasteiger partial charge in [-0.15, -0.1) is 0 Å². The minimum absolute atomic E-state index is 0.0357. The fourth-order valence-electron chi connectivity index (χ4n) is 1.58. The van der Waals surface area contributed by atoms with Gasteiger partial charge in [0.25, 0.3) is 0 Å². The molecule has 0 saturated carbocycles. The van der Waals surface area contributed by atoms with Gasteiger partial charge in [-0.05, 0) is 38.7 Å². The molecule has 0 heterocycles. The van der Waals surface area contributed by atoms with Crippen LogP contribution in [0.5, 0.6) is 0 Å². The number of nitrogens with two attached hydrogens (primary N) is 1. The molecule has 5 N–H and O–H groups in total. The van der Waals surface area contributed by atoms with Crippen molar-refractivity contribution < 1.29 is 19.5 Å². The van der Waals surface area contributed by atoms with Gasteiger partial charge < -0.3 is 21.5 Å². The third-order valence-corrected chi connectivity index (χ3v) is 3.31. The van der Waals surface area contributed by atoms with Crippen molar-refractivity contribution in [3.63, 3.8) is 0 Å². The first-order valence-electron chi connectivity index (χ1n) is 6.26. The van der Waals surface area contributed by atoms with E-state index >= 15 is 0 Å². The van der Waals surface area contributed by atoms with Crippen LogP contribution in [0.15, 0.2) is 0 Å². The molecule has 20 heavy (non-hydrogen) atoms. The maximum Gasteiger partial charge on any atom is 0.312 e. The van der Waals surface area contributed by atoms with Crippen molar-refractivity contribution in [3.05, 3.63) is 0 Å². The zero-order valence-corrected chi connectivity index (χ0v) is 12.9. The molecule has 0 fully saturated rings. The van der Waals surface area contributed by atoms with E-state index in [9.17, 15) is 14.4 Å². The van der Waals surface area contributed by atoms with Gasteiger partial charge >= 0.3 is 12.0 Å². The fourth-order valence-corrected chi connectivity index (χ4v) is 2.05. The SMILES string of the molecule is CSCCC(NC(N)=O)C(=O)NC(C)(C)CCC(=O)O. The van der Waals surface area contributed by atoms with Gasteiger partial charge in [-0.3, -0.25) is 9.59 Å². The maximum absolute atomic E-state index is 12.1. The zero-order chi connectivity index (χ0) is 15.8. The Balaban J connectivity index is 4.55. The molecular formula is C12H23N3O4S. The number of nitrogens with one attached hydrogen (secondary N) is 2. The van der Waals surface area contributed by atoms with Gasteiger partial charge in [0.1, 0.15) is 6.04 Å². The molecule has 0 aliphatic heterocycles. The number of carboxylic acid groups (broad SMARTS) is 1. The Morgan fingerprint density at radius 3 is 2.40 bits per heavy atom. The topological polar surface area (TPSA) is 122 Å². The molecule has 1 unspecified atom stereocenters. The molecule has 116 valence electrons. The number of carbonyl (C=O) groups excluding carboxylic acids is 2. The monoisotopic (exact) mass is 305 g/mol. The van der Waals surface area contributed by atoms with Gasteiger partial charge in [-0.2, -0.15) is 11.8 Å². The van der Waals surface area contributed by atoms with Crippen LogP contribution in [0.2, 0.25) is 0 Å². The summed E-state index contributed by atoms with van der Waals surface area (Å²) < 4.78 is 0. The molecule has 8 heteroatoms. The van der Waals surface area contributed by atoms with Crippen LogP contribution >= 0.6 is 11.8 Å². The Bertz CT molecular complexity index is 361. The molecule has 0 aliphatic rings. The minimum Gasteiger partial charge on any atom is -0.481 e. The van der Waals surface area contributed by atoms with Crippen LogP contribution in [0, 0.1) is 0 Å². The Labute approximate surface area is 123 Å². The van der Waals surface area contributed by atoms with Gasteiger partial charge in [0.05, 0.1) is 0 Å². The fraction of sp³-hybridized carbons (Fsp3) is 0.750. The molecule has 0 aliphatic carbocycles. The molecule has 0 aromatic rings. The molecule has 0 aromatic carbocycles. The first-order chi connectivity index (χ1) is 9.18. The number of aliphatic carboxylic acids is 1. The lowest BCUT2D eigenvalue weighted by atomic mass is 9.97. The number of thioether (sulfide) groups is 1. The second-order valence-corrected chi connectivity index (χ2v) is 6.10. The second kappa shape index (κ2) is 8.68. The minimum atomic E-state index is -0.915. The highest BCUT2D eigenvalue weighted by atomic mass is 32.2. The van der Waals surface area contributed by atoms with E-state index in [-0.39, 0.29) is 12.3 Å². The van der Waals surface area contributed by atoms with Crippen LogP contribution in [0.3, 0.4) is 0 Å². The third-order valence-electron chi connectivity index (χ3n) is 2.67. The molecule has 0 aromatic heterocycles. The highest BCUT2D eigenvalue weighted by molar-refractivity contribution is 7.98. The van der Waals surface area contributed by atoms with E-state index in [1.807, 2.05) is 6.26 Å². The van der Waals surface area contributed by atoms with E-state index in [1.54, 1.807) is 25.6 Å². The van der Waals surface area contributed by atoms with E-state index in [1.165, 1.54) is 0 Å². The average molecular weight is 305 g/mol. The Hall–Kier alpha value is -1.44.